The van der Waals surface area contributed by atoms with Gasteiger partial charge in [0.2, 0.25) is 11.9 Å². The van der Waals surface area contributed by atoms with E-state index in [1.807, 2.05) is 79.7 Å². The minimum Gasteiger partial charge on any atom is -0.276 e. The van der Waals surface area contributed by atoms with Gasteiger partial charge in [0.05, 0.1) is 33.5 Å². The van der Waals surface area contributed by atoms with Gasteiger partial charge in [-0.3, -0.25) is 9.13 Å². The molecule has 272 valence electrons. The average Bonchev–Trinajstić information content (AvgIpc) is 3.80. The molecule has 0 saturated carbocycles. The second-order valence-electron chi connectivity index (χ2n) is 14.0. The minimum atomic E-state index is 0.528. The molecular formula is C50H37N7. The Morgan fingerprint density at radius 1 is 0.491 bits per heavy atom. The second-order valence-corrected chi connectivity index (χ2v) is 14.0. The predicted octanol–water partition coefficient (Wildman–Crippen LogP) is 12.2. The van der Waals surface area contributed by atoms with Gasteiger partial charge in [-0.05, 0) is 37.1 Å². The van der Waals surface area contributed by atoms with Crippen LogP contribution in [-0.2, 0) is 0 Å². The molecule has 6 aromatic carbocycles. The van der Waals surface area contributed by atoms with Gasteiger partial charge < -0.3 is 0 Å². The number of hydrogen-bond acceptors (Lipinski definition) is 5. The third-order valence-corrected chi connectivity index (χ3v) is 10.5. The van der Waals surface area contributed by atoms with Crippen LogP contribution in [0, 0.1) is 0 Å². The molecule has 7 heteroatoms. The van der Waals surface area contributed by atoms with Crippen molar-refractivity contribution in [3.05, 3.63) is 182 Å². The maximum absolute atomic E-state index is 5.40. The number of hydrogen-bond donors (Lipinski definition) is 0. The van der Waals surface area contributed by atoms with Crippen LogP contribution in [0.4, 0.5) is 0 Å². The Hall–Kier alpha value is -7.51. The van der Waals surface area contributed by atoms with E-state index in [-0.39, 0.29) is 0 Å². The molecule has 0 aliphatic heterocycles. The van der Waals surface area contributed by atoms with Crippen molar-refractivity contribution >= 4 is 49.2 Å². The summed E-state index contributed by atoms with van der Waals surface area (Å²) in [4.78, 5) is 26.3. The molecule has 7 nitrogen and oxygen atoms in total. The minimum absolute atomic E-state index is 0.528. The van der Waals surface area contributed by atoms with Gasteiger partial charge in [-0.1, -0.05) is 165 Å². The first-order valence-electron chi connectivity index (χ1n) is 19.3. The molecule has 0 bridgehead atoms. The molecule has 10 aromatic rings. The fraction of sp³-hybridized carbons (Fsp3) is 0.0600. The maximum Gasteiger partial charge on any atom is 0.238 e. The monoisotopic (exact) mass is 735 g/mol. The zero-order valence-corrected chi connectivity index (χ0v) is 31.6. The summed E-state index contributed by atoms with van der Waals surface area (Å²) in [6.45, 7) is 4.20. The first kappa shape index (κ1) is 34.0. The van der Waals surface area contributed by atoms with E-state index in [2.05, 4.69) is 119 Å². The van der Waals surface area contributed by atoms with E-state index in [0.717, 1.165) is 83.7 Å². The highest BCUT2D eigenvalue weighted by Crippen LogP contribution is 2.41. The summed E-state index contributed by atoms with van der Waals surface area (Å²) in [7, 11) is 0. The fourth-order valence-corrected chi connectivity index (χ4v) is 7.87. The molecule has 0 N–H and O–H groups in total. The van der Waals surface area contributed by atoms with Gasteiger partial charge in [0, 0.05) is 38.2 Å². The molecule has 0 aliphatic rings. The molecule has 0 saturated heterocycles. The third kappa shape index (κ3) is 5.88. The van der Waals surface area contributed by atoms with Crippen molar-refractivity contribution in [1.29, 1.82) is 0 Å². The van der Waals surface area contributed by atoms with Crippen LogP contribution in [-0.4, -0.2) is 34.1 Å². The van der Waals surface area contributed by atoms with Crippen LogP contribution < -0.4 is 0 Å². The topological polar surface area (TPSA) is 74.3 Å². The van der Waals surface area contributed by atoms with Crippen LogP contribution in [0.1, 0.15) is 26.0 Å². The van der Waals surface area contributed by atoms with Gasteiger partial charge in [-0.15, -0.1) is 0 Å². The lowest BCUT2D eigenvalue weighted by atomic mass is 10.1. The molecule has 0 atom stereocenters. The van der Waals surface area contributed by atoms with Crippen molar-refractivity contribution in [2.24, 2.45) is 0 Å². The smallest absolute Gasteiger partial charge is 0.238 e. The van der Waals surface area contributed by atoms with Crippen molar-refractivity contribution in [1.82, 2.24) is 34.1 Å². The summed E-state index contributed by atoms with van der Waals surface area (Å²) in [5, 5.41) is 4.36. The third-order valence-electron chi connectivity index (χ3n) is 10.5. The zero-order chi connectivity index (χ0) is 38.3. The van der Waals surface area contributed by atoms with Crippen LogP contribution in [0.15, 0.2) is 176 Å². The Balaban J connectivity index is 1.36. The van der Waals surface area contributed by atoms with E-state index >= 15 is 0 Å². The predicted molar refractivity (Wildman–Crippen MR) is 233 cm³/mol. The molecule has 57 heavy (non-hydrogen) atoms. The number of para-hydroxylation sites is 2. The Morgan fingerprint density at radius 2 is 0.965 bits per heavy atom. The summed E-state index contributed by atoms with van der Waals surface area (Å²) in [5.41, 5.74) is 9.64. The molecule has 0 aliphatic carbocycles. The van der Waals surface area contributed by atoms with Crippen molar-refractivity contribution < 1.29 is 0 Å². The first-order valence-corrected chi connectivity index (χ1v) is 19.3. The highest BCUT2D eigenvalue weighted by atomic mass is 15.2. The van der Waals surface area contributed by atoms with Crippen molar-refractivity contribution in [2.45, 2.75) is 20.3 Å². The number of benzene rings is 6. The lowest BCUT2D eigenvalue weighted by molar-refractivity contribution is 0.947. The molecule has 10 rings (SSSR count). The van der Waals surface area contributed by atoms with E-state index in [0.29, 0.717) is 23.5 Å². The van der Waals surface area contributed by atoms with Gasteiger partial charge >= 0.3 is 0 Å². The number of rotatable bonds is 8. The number of aromatic nitrogens is 7. The molecule has 0 spiro atoms. The van der Waals surface area contributed by atoms with Crippen molar-refractivity contribution in [3.63, 3.8) is 0 Å². The summed E-state index contributed by atoms with van der Waals surface area (Å²) in [5.74, 6) is 2.32. The van der Waals surface area contributed by atoms with Crippen molar-refractivity contribution in [2.75, 3.05) is 0 Å². The average molecular weight is 736 g/mol. The van der Waals surface area contributed by atoms with E-state index in [4.69, 9.17) is 24.9 Å². The summed E-state index contributed by atoms with van der Waals surface area (Å²) in [6.07, 6.45) is 7.09. The van der Waals surface area contributed by atoms with Crippen molar-refractivity contribution in [3.8, 4) is 45.9 Å². The standard InChI is InChI=1S/C50H37N7/c1-3-5-19-33(4-2)41-32-42(34-20-9-6-10-21-34)52-49(51-41)56-43-28-17-15-26-37(43)39-30-31-40-38-27-16-18-29-44(38)57(46(40)45(39)56)50-54-47(35-22-11-7-12-23-35)53-48(55-50)36-24-13-8-14-25-36/h3,5-32H,4H2,1-2H3/b5-3-,33-19+. The SMILES string of the molecule is C/C=C\C=C(/CC)c1cc(-c2ccccc2)nc(-n2c3ccccc3c3ccc4c5ccccc5n(-c5nc(-c6ccccc6)nc(-c6ccccc6)n5)c4c32)n1. The number of fused-ring (bicyclic) bond motifs is 7. The Kier molecular flexibility index (Phi) is 8.53. The largest absolute Gasteiger partial charge is 0.276 e. The summed E-state index contributed by atoms with van der Waals surface area (Å²) in [6, 6.07) is 54.2. The molecule has 0 fully saturated rings. The van der Waals surface area contributed by atoms with Gasteiger partial charge in [-0.2, -0.15) is 9.97 Å². The maximum atomic E-state index is 5.40. The number of allylic oxidation sites excluding steroid dienone is 4. The summed E-state index contributed by atoms with van der Waals surface area (Å²) >= 11 is 0. The van der Waals surface area contributed by atoms with Gasteiger partial charge in [0.1, 0.15) is 0 Å². The van der Waals surface area contributed by atoms with Gasteiger partial charge in [0.25, 0.3) is 0 Å². The van der Waals surface area contributed by atoms with Crippen LogP contribution in [0.25, 0.3) is 95.1 Å². The van der Waals surface area contributed by atoms with Gasteiger partial charge in [0.15, 0.2) is 11.6 Å². The normalized spacial score (nSPS) is 12.1. The Morgan fingerprint density at radius 3 is 1.47 bits per heavy atom. The Labute approximate surface area is 330 Å². The van der Waals surface area contributed by atoms with E-state index < -0.39 is 0 Å². The molecule has 0 radical (unpaired) electrons. The fourth-order valence-electron chi connectivity index (χ4n) is 7.87. The van der Waals surface area contributed by atoms with E-state index in [1.54, 1.807) is 0 Å². The van der Waals surface area contributed by atoms with E-state index in [1.165, 1.54) is 0 Å². The zero-order valence-electron chi connectivity index (χ0n) is 31.6. The van der Waals surface area contributed by atoms with Crippen LogP contribution >= 0.6 is 0 Å². The lowest BCUT2D eigenvalue weighted by Gasteiger charge is -2.14. The highest BCUT2D eigenvalue weighted by Gasteiger charge is 2.25. The van der Waals surface area contributed by atoms with Crippen LogP contribution in [0.5, 0.6) is 0 Å². The first-order chi connectivity index (χ1) is 28.2. The lowest BCUT2D eigenvalue weighted by Crippen LogP contribution is -2.08. The van der Waals surface area contributed by atoms with Crippen LogP contribution in [0.2, 0.25) is 0 Å². The summed E-state index contributed by atoms with van der Waals surface area (Å²) < 4.78 is 4.44. The molecule has 4 heterocycles. The molecule has 0 unspecified atom stereocenters. The van der Waals surface area contributed by atoms with Gasteiger partial charge in [-0.25, -0.2) is 15.0 Å². The quantitative estimate of drug-likeness (QED) is 0.145. The Bertz CT molecular complexity index is 3100. The number of nitrogens with zero attached hydrogens (tertiary/aromatic N) is 7. The molecular weight excluding hydrogens is 699 g/mol. The molecule has 0 amide bonds. The van der Waals surface area contributed by atoms with E-state index in [9.17, 15) is 0 Å². The highest BCUT2D eigenvalue weighted by molar-refractivity contribution is 6.23. The molecule has 4 aromatic heterocycles. The van der Waals surface area contributed by atoms with Crippen LogP contribution in [0.3, 0.4) is 0 Å². The second kappa shape index (κ2) is 14.3.